The van der Waals surface area contributed by atoms with Gasteiger partial charge in [-0.2, -0.15) is 0 Å². The van der Waals surface area contributed by atoms with Crippen LogP contribution in [0.4, 0.5) is 4.39 Å². The number of benzene rings is 2. The maximum Gasteiger partial charge on any atom is 0.191 e. The number of guanidine groups is 1. The minimum absolute atomic E-state index is 0.180. The zero-order valence-corrected chi connectivity index (χ0v) is 15.1. The number of hydrogen-bond donors (Lipinski definition) is 2. The van der Waals surface area contributed by atoms with Crippen molar-refractivity contribution in [3.05, 3.63) is 70.5 Å². The molecule has 4 nitrogen and oxygen atoms in total. The average molecular weight is 343 g/mol. The summed E-state index contributed by atoms with van der Waals surface area (Å²) >= 11 is 0. The highest BCUT2D eigenvalue weighted by molar-refractivity contribution is 5.79. The van der Waals surface area contributed by atoms with Crippen LogP contribution in [0.25, 0.3) is 0 Å². The third kappa shape index (κ3) is 6.19. The van der Waals surface area contributed by atoms with Gasteiger partial charge in [-0.15, -0.1) is 0 Å². The number of aryl methyl sites for hydroxylation is 1. The van der Waals surface area contributed by atoms with Gasteiger partial charge in [-0.3, -0.25) is 0 Å². The lowest BCUT2D eigenvalue weighted by molar-refractivity contribution is 0.185. The van der Waals surface area contributed by atoms with Gasteiger partial charge >= 0.3 is 0 Å². The molecule has 0 radical (unpaired) electrons. The van der Waals surface area contributed by atoms with Gasteiger partial charge in [0.15, 0.2) is 5.96 Å². The monoisotopic (exact) mass is 343 g/mol. The standard InChI is InChI=1S/C20H26FN3O/c1-4-22-20(24-13-17-8-9-19(21)15(2)10-17)23-12-16-6-5-7-18(11-16)14-25-3/h5-11H,4,12-14H2,1-3H3,(H2,22,23,24). The Balaban J connectivity index is 2.00. The molecule has 0 spiro atoms. The first-order valence-corrected chi connectivity index (χ1v) is 8.46. The van der Waals surface area contributed by atoms with E-state index in [0.717, 1.165) is 29.2 Å². The minimum Gasteiger partial charge on any atom is -0.380 e. The molecule has 2 aromatic rings. The Kier molecular flexibility index (Phi) is 7.41. The zero-order valence-electron chi connectivity index (χ0n) is 15.1. The number of ether oxygens (including phenoxy) is 1. The number of nitrogens with one attached hydrogen (secondary N) is 2. The first-order valence-electron chi connectivity index (χ1n) is 8.46. The van der Waals surface area contributed by atoms with Crippen LogP contribution in [0, 0.1) is 12.7 Å². The molecule has 2 N–H and O–H groups in total. The average Bonchev–Trinajstić information content (AvgIpc) is 2.61. The van der Waals surface area contributed by atoms with Gasteiger partial charge in [0.05, 0.1) is 13.2 Å². The van der Waals surface area contributed by atoms with E-state index in [-0.39, 0.29) is 5.82 Å². The van der Waals surface area contributed by atoms with Crippen molar-refractivity contribution >= 4 is 5.96 Å². The van der Waals surface area contributed by atoms with Crippen LogP contribution in [0.3, 0.4) is 0 Å². The van der Waals surface area contributed by atoms with Crippen LogP contribution in [0.1, 0.15) is 29.2 Å². The molecule has 0 aliphatic carbocycles. The van der Waals surface area contributed by atoms with E-state index in [1.165, 1.54) is 6.07 Å². The molecule has 0 atom stereocenters. The van der Waals surface area contributed by atoms with Crippen LogP contribution >= 0.6 is 0 Å². The molecular weight excluding hydrogens is 317 g/mol. The highest BCUT2D eigenvalue weighted by Crippen LogP contribution is 2.09. The molecule has 5 heteroatoms. The topological polar surface area (TPSA) is 45.7 Å². The molecule has 0 aromatic heterocycles. The Bertz CT molecular complexity index is 716. The highest BCUT2D eigenvalue weighted by atomic mass is 19.1. The molecule has 0 aliphatic rings. The van der Waals surface area contributed by atoms with E-state index in [9.17, 15) is 4.39 Å². The first kappa shape index (κ1) is 18.9. The van der Waals surface area contributed by atoms with Crippen LogP contribution in [0.5, 0.6) is 0 Å². The summed E-state index contributed by atoms with van der Waals surface area (Å²) in [6.07, 6.45) is 0. The highest BCUT2D eigenvalue weighted by Gasteiger charge is 2.02. The normalized spacial score (nSPS) is 11.4. The van der Waals surface area contributed by atoms with Crippen molar-refractivity contribution in [2.45, 2.75) is 33.5 Å². The lowest BCUT2D eigenvalue weighted by Gasteiger charge is -2.12. The Morgan fingerprint density at radius 2 is 1.88 bits per heavy atom. The molecule has 0 heterocycles. The number of hydrogen-bond acceptors (Lipinski definition) is 2. The van der Waals surface area contributed by atoms with E-state index in [0.29, 0.717) is 25.3 Å². The minimum atomic E-state index is -0.180. The quantitative estimate of drug-likeness (QED) is 0.597. The molecule has 0 bridgehead atoms. The van der Waals surface area contributed by atoms with Crippen LogP contribution in [0.2, 0.25) is 0 Å². The number of halogens is 1. The molecule has 2 rings (SSSR count). The van der Waals surface area contributed by atoms with E-state index in [1.807, 2.05) is 25.1 Å². The van der Waals surface area contributed by atoms with Crippen molar-refractivity contribution in [3.8, 4) is 0 Å². The van der Waals surface area contributed by atoms with E-state index >= 15 is 0 Å². The predicted octanol–water partition coefficient (Wildman–Crippen LogP) is 3.54. The molecule has 25 heavy (non-hydrogen) atoms. The van der Waals surface area contributed by atoms with Crippen LogP contribution in [-0.2, 0) is 24.4 Å². The number of methoxy groups -OCH3 is 1. The fourth-order valence-electron chi connectivity index (χ4n) is 2.50. The second-order valence-corrected chi connectivity index (χ2v) is 5.89. The van der Waals surface area contributed by atoms with Crippen molar-refractivity contribution in [1.82, 2.24) is 10.6 Å². The van der Waals surface area contributed by atoms with Crippen LogP contribution in [-0.4, -0.2) is 19.6 Å². The Morgan fingerprint density at radius 3 is 2.60 bits per heavy atom. The van der Waals surface area contributed by atoms with Gasteiger partial charge in [0.1, 0.15) is 5.82 Å². The summed E-state index contributed by atoms with van der Waals surface area (Å²) in [4.78, 5) is 4.62. The molecule has 0 amide bonds. The summed E-state index contributed by atoms with van der Waals surface area (Å²) in [5.74, 6) is 0.557. The number of nitrogens with zero attached hydrogens (tertiary/aromatic N) is 1. The number of aliphatic imine (C=N–C) groups is 1. The Morgan fingerprint density at radius 1 is 1.08 bits per heavy atom. The van der Waals surface area contributed by atoms with E-state index in [1.54, 1.807) is 20.1 Å². The lowest BCUT2D eigenvalue weighted by atomic mass is 10.1. The van der Waals surface area contributed by atoms with Gasteiger partial charge in [0.2, 0.25) is 0 Å². The summed E-state index contributed by atoms with van der Waals surface area (Å²) < 4.78 is 18.5. The fraction of sp³-hybridized carbons (Fsp3) is 0.350. The zero-order chi connectivity index (χ0) is 18.1. The van der Waals surface area contributed by atoms with E-state index < -0.39 is 0 Å². The molecule has 134 valence electrons. The maximum atomic E-state index is 13.3. The van der Waals surface area contributed by atoms with Gasteiger partial charge in [-0.1, -0.05) is 36.4 Å². The largest absolute Gasteiger partial charge is 0.380 e. The second kappa shape index (κ2) is 9.79. The van der Waals surface area contributed by atoms with Gasteiger partial charge in [0.25, 0.3) is 0 Å². The summed E-state index contributed by atoms with van der Waals surface area (Å²) in [6, 6.07) is 13.3. The second-order valence-electron chi connectivity index (χ2n) is 5.89. The molecule has 0 saturated heterocycles. The third-order valence-corrected chi connectivity index (χ3v) is 3.75. The summed E-state index contributed by atoms with van der Waals surface area (Å²) in [7, 11) is 1.69. The fourth-order valence-corrected chi connectivity index (χ4v) is 2.50. The maximum absolute atomic E-state index is 13.3. The summed E-state index contributed by atoms with van der Waals surface area (Å²) in [5, 5.41) is 6.51. The van der Waals surface area contributed by atoms with Gasteiger partial charge < -0.3 is 15.4 Å². The van der Waals surface area contributed by atoms with E-state index in [2.05, 4.69) is 27.8 Å². The number of rotatable bonds is 7. The smallest absolute Gasteiger partial charge is 0.191 e. The van der Waals surface area contributed by atoms with Crippen LogP contribution in [0.15, 0.2) is 47.5 Å². The van der Waals surface area contributed by atoms with Crippen molar-refractivity contribution in [1.29, 1.82) is 0 Å². The van der Waals surface area contributed by atoms with Crippen molar-refractivity contribution in [3.63, 3.8) is 0 Å². The SMILES string of the molecule is CCNC(=NCc1cccc(COC)c1)NCc1ccc(F)c(C)c1. The molecule has 0 aliphatic heterocycles. The van der Waals surface area contributed by atoms with Gasteiger partial charge in [-0.25, -0.2) is 9.38 Å². The van der Waals surface area contributed by atoms with E-state index in [4.69, 9.17) is 4.74 Å². The van der Waals surface area contributed by atoms with Crippen molar-refractivity contribution in [2.75, 3.05) is 13.7 Å². The first-order chi connectivity index (χ1) is 12.1. The summed E-state index contributed by atoms with van der Waals surface area (Å²) in [5.41, 5.74) is 3.93. The Labute approximate surface area is 149 Å². The van der Waals surface area contributed by atoms with Crippen molar-refractivity contribution < 1.29 is 9.13 Å². The molecule has 0 fully saturated rings. The molecule has 0 unspecified atom stereocenters. The van der Waals surface area contributed by atoms with Gasteiger partial charge in [-0.05, 0) is 42.2 Å². The molecule has 0 saturated carbocycles. The Hall–Kier alpha value is -2.40. The summed E-state index contributed by atoms with van der Waals surface area (Å²) in [6.45, 7) is 6.34. The predicted molar refractivity (Wildman–Crippen MR) is 99.9 cm³/mol. The van der Waals surface area contributed by atoms with Crippen LogP contribution < -0.4 is 10.6 Å². The third-order valence-electron chi connectivity index (χ3n) is 3.75. The van der Waals surface area contributed by atoms with Gasteiger partial charge in [0, 0.05) is 20.2 Å². The lowest BCUT2D eigenvalue weighted by Crippen LogP contribution is -2.36. The van der Waals surface area contributed by atoms with Crippen molar-refractivity contribution in [2.24, 2.45) is 4.99 Å². The molecule has 2 aromatic carbocycles. The molecular formula is C20H26FN3O.